The van der Waals surface area contributed by atoms with Gasteiger partial charge >= 0.3 is 18.0 Å². The molecule has 1 N–H and O–H groups in total. The number of ether oxygens (including phenoxy) is 3. The van der Waals surface area contributed by atoms with Crippen LogP contribution in [0.3, 0.4) is 0 Å². The Morgan fingerprint density at radius 3 is 2.56 bits per heavy atom. The van der Waals surface area contributed by atoms with E-state index in [1.54, 1.807) is 6.92 Å². The molecular weight excluding hydrogens is 326 g/mol. The zero-order chi connectivity index (χ0) is 18.2. The molecule has 1 aromatic carbocycles. The van der Waals surface area contributed by atoms with E-state index in [1.165, 1.54) is 7.11 Å². The molecule has 3 atom stereocenters. The zero-order valence-electron chi connectivity index (χ0n) is 14.4. The molecule has 0 radical (unpaired) electrons. The van der Waals surface area contributed by atoms with Crippen molar-refractivity contribution in [3.8, 4) is 0 Å². The van der Waals surface area contributed by atoms with Crippen molar-refractivity contribution in [1.82, 2.24) is 5.32 Å². The van der Waals surface area contributed by atoms with Gasteiger partial charge in [-0.25, -0.2) is 9.59 Å². The van der Waals surface area contributed by atoms with E-state index in [2.05, 4.69) is 5.32 Å². The SMILES string of the molecule is CCOC(=O)[C@H]1C[C@H]1C[C@H](NC(=O)OCc1ccccc1)C(=O)OC. The predicted molar refractivity (Wildman–Crippen MR) is 88.4 cm³/mol. The molecule has 0 bridgehead atoms. The summed E-state index contributed by atoms with van der Waals surface area (Å²) < 4.78 is 14.8. The third-order valence-corrected chi connectivity index (χ3v) is 4.04. The molecule has 0 unspecified atom stereocenters. The normalized spacial score (nSPS) is 19.4. The van der Waals surface area contributed by atoms with Gasteiger partial charge in [0, 0.05) is 0 Å². The summed E-state index contributed by atoms with van der Waals surface area (Å²) in [5.41, 5.74) is 0.844. The molecule has 1 aliphatic carbocycles. The Bertz CT molecular complexity index is 603. The lowest BCUT2D eigenvalue weighted by Crippen LogP contribution is -2.42. The smallest absolute Gasteiger partial charge is 0.408 e. The van der Waals surface area contributed by atoms with E-state index in [0.717, 1.165) is 5.56 Å². The van der Waals surface area contributed by atoms with Gasteiger partial charge in [0.25, 0.3) is 0 Å². The number of carbonyl (C=O) groups is 3. The first kappa shape index (κ1) is 18.8. The molecule has 25 heavy (non-hydrogen) atoms. The van der Waals surface area contributed by atoms with E-state index in [4.69, 9.17) is 14.2 Å². The van der Waals surface area contributed by atoms with Crippen molar-refractivity contribution in [2.24, 2.45) is 11.8 Å². The van der Waals surface area contributed by atoms with Gasteiger partial charge in [0.2, 0.25) is 0 Å². The molecular formula is C18H23NO6. The number of rotatable bonds is 8. The molecule has 1 fully saturated rings. The van der Waals surface area contributed by atoms with Crippen LogP contribution in [0.5, 0.6) is 0 Å². The van der Waals surface area contributed by atoms with Gasteiger partial charge in [0.1, 0.15) is 12.6 Å². The van der Waals surface area contributed by atoms with Crippen LogP contribution in [-0.4, -0.2) is 37.8 Å². The number of alkyl carbamates (subject to hydrolysis) is 1. The summed E-state index contributed by atoms with van der Waals surface area (Å²) in [7, 11) is 1.25. The van der Waals surface area contributed by atoms with Crippen LogP contribution in [0.4, 0.5) is 4.79 Å². The second-order valence-corrected chi connectivity index (χ2v) is 5.87. The molecule has 1 aromatic rings. The van der Waals surface area contributed by atoms with E-state index in [-0.39, 0.29) is 24.4 Å². The maximum atomic E-state index is 11.9. The Labute approximate surface area is 146 Å². The highest BCUT2D eigenvalue weighted by atomic mass is 16.6. The average Bonchev–Trinajstić information content (AvgIpc) is 3.39. The van der Waals surface area contributed by atoms with Crippen LogP contribution in [0, 0.1) is 11.8 Å². The lowest BCUT2D eigenvalue weighted by atomic mass is 10.1. The van der Waals surface area contributed by atoms with Crippen molar-refractivity contribution >= 4 is 18.0 Å². The zero-order valence-corrected chi connectivity index (χ0v) is 14.4. The van der Waals surface area contributed by atoms with E-state index in [0.29, 0.717) is 19.4 Å². The first-order valence-electron chi connectivity index (χ1n) is 8.26. The highest BCUT2D eigenvalue weighted by Crippen LogP contribution is 2.43. The Kier molecular flexibility index (Phi) is 6.80. The van der Waals surface area contributed by atoms with Crippen LogP contribution in [0.2, 0.25) is 0 Å². The molecule has 0 spiro atoms. The molecule has 0 aromatic heterocycles. The summed E-state index contributed by atoms with van der Waals surface area (Å²) in [4.78, 5) is 35.5. The van der Waals surface area contributed by atoms with Gasteiger partial charge in [-0.3, -0.25) is 4.79 Å². The molecule has 0 saturated heterocycles. The van der Waals surface area contributed by atoms with Gasteiger partial charge < -0.3 is 19.5 Å². The predicted octanol–water partition coefficient (Wildman–Crippen LogP) is 2.04. The number of amides is 1. The van der Waals surface area contributed by atoms with Crippen LogP contribution in [0.1, 0.15) is 25.3 Å². The van der Waals surface area contributed by atoms with Crippen LogP contribution in [-0.2, 0) is 30.4 Å². The fraction of sp³-hybridized carbons (Fsp3) is 0.500. The van der Waals surface area contributed by atoms with Gasteiger partial charge in [-0.05, 0) is 31.2 Å². The maximum absolute atomic E-state index is 11.9. The Morgan fingerprint density at radius 1 is 1.20 bits per heavy atom. The third-order valence-electron chi connectivity index (χ3n) is 4.04. The highest BCUT2D eigenvalue weighted by Gasteiger charge is 2.46. The molecule has 7 nitrogen and oxygen atoms in total. The largest absolute Gasteiger partial charge is 0.467 e. The number of hydrogen-bond donors (Lipinski definition) is 1. The monoisotopic (exact) mass is 349 g/mol. The molecule has 7 heteroatoms. The van der Waals surface area contributed by atoms with Gasteiger partial charge in [-0.15, -0.1) is 0 Å². The third kappa shape index (κ3) is 5.77. The average molecular weight is 349 g/mol. The molecule has 0 heterocycles. The first-order valence-corrected chi connectivity index (χ1v) is 8.26. The molecule has 136 valence electrons. The first-order chi connectivity index (χ1) is 12.0. The number of nitrogens with one attached hydrogen (secondary N) is 1. The Morgan fingerprint density at radius 2 is 1.92 bits per heavy atom. The van der Waals surface area contributed by atoms with Gasteiger partial charge in [0.15, 0.2) is 0 Å². The van der Waals surface area contributed by atoms with Crippen molar-refractivity contribution < 1.29 is 28.6 Å². The lowest BCUT2D eigenvalue weighted by Gasteiger charge is -2.16. The fourth-order valence-electron chi connectivity index (χ4n) is 2.61. The van der Waals surface area contributed by atoms with Crippen molar-refractivity contribution in [3.05, 3.63) is 35.9 Å². The summed E-state index contributed by atoms with van der Waals surface area (Å²) in [5, 5.41) is 2.51. The molecule has 2 rings (SSSR count). The second kappa shape index (κ2) is 9.05. The van der Waals surface area contributed by atoms with E-state index < -0.39 is 18.1 Å². The summed E-state index contributed by atoms with van der Waals surface area (Å²) in [5.74, 6) is -1.04. The van der Waals surface area contributed by atoms with E-state index in [1.807, 2.05) is 30.3 Å². The molecule has 1 aliphatic rings. The van der Waals surface area contributed by atoms with Crippen LogP contribution in [0.25, 0.3) is 0 Å². The highest BCUT2D eigenvalue weighted by molar-refractivity contribution is 5.82. The summed E-state index contributed by atoms with van der Waals surface area (Å²) >= 11 is 0. The Hall–Kier alpha value is -2.57. The van der Waals surface area contributed by atoms with Crippen molar-refractivity contribution in [1.29, 1.82) is 0 Å². The standard InChI is InChI=1S/C18H23NO6/c1-3-24-16(20)14-9-13(14)10-15(17(21)23-2)19-18(22)25-11-12-7-5-4-6-8-12/h4-8,13-15H,3,9-11H2,1-2H3,(H,19,22)/t13-,14-,15-/m0/s1. The van der Waals surface area contributed by atoms with Gasteiger partial charge in [-0.1, -0.05) is 30.3 Å². The Balaban J connectivity index is 1.82. The van der Waals surface area contributed by atoms with Gasteiger partial charge in [-0.2, -0.15) is 0 Å². The number of hydrogen-bond acceptors (Lipinski definition) is 6. The van der Waals surface area contributed by atoms with Crippen LogP contribution >= 0.6 is 0 Å². The number of esters is 2. The summed E-state index contributed by atoms with van der Waals surface area (Å²) in [6.07, 6.45) is 0.261. The van der Waals surface area contributed by atoms with E-state index >= 15 is 0 Å². The number of methoxy groups -OCH3 is 1. The topological polar surface area (TPSA) is 90.9 Å². The molecule has 1 amide bonds. The van der Waals surface area contributed by atoms with Crippen molar-refractivity contribution in [2.45, 2.75) is 32.4 Å². The fourth-order valence-corrected chi connectivity index (χ4v) is 2.61. The molecule has 0 aliphatic heterocycles. The van der Waals surface area contributed by atoms with Crippen molar-refractivity contribution in [3.63, 3.8) is 0 Å². The molecule has 1 saturated carbocycles. The summed E-state index contributed by atoms with van der Waals surface area (Å²) in [6.45, 7) is 2.18. The van der Waals surface area contributed by atoms with Crippen LogP contribution in [0.15, 0.2) is 30.3 Å². The lowest BCUT2D eigenvalue weighted by molar-refractivity contribution is -0.146. The van der Waals surface area contributed by atoms with Crippen molar-refractivity contribution in [2.75, 3.05) is 13.7 Å². The van der Waals surface area contributed by atoms with Gasteiger partial charge in [0.05, 0.1) is 19.6 Å². The minimum absolute atomic E-state index is 0.00225. The second-order valence-electron chi connectivity index (χ2n) is 5.87. The number of benzene rings is 1. The summed E-state index contributed by atoms with van der Waals surface area (Å²) in [6, 6.07) is 8.37. The maximum Gasteiger partial charge on any atom is 0.408 e. The minimum Gasteiger partial charge on any atom is -0.467 e. The quantitative estimate of drug-likeness (QED) is 0.570. The van der Waals surface area contributed by atoms with Crippen LogP contribution < -0.4 is 5.32 Å². The van der Waals surface area contributed by atoms with E-state index in [9.17, 15) is 14.4 Å². The minimum atomic E-state index is -0.849. The number of carbonyl (C=O) groups excluding carboxylic acids is 3.